The zero-order chi connectivity index (χ0) is 22.4. The van der Waals surface area contributed by atoms with Crippen molar-refractivity contribution in [1.82, 2.24) is 9.88 Å². The monoisotopic (exact) mass is 495 g/mol. The Morgan fingerprint density at radius 1 is 1.23 bits per heavy atom. The van der Waals surface area contributed by atoms with Crippen LogP contribution >= 0.6 is 27.3 Å². The largest absolute Gasteiger partial charge is 0.351 e. The van der Waals surface area contributed by atoms with Crippen LogP contribution < -0.4 is 20.1 Å². The van der Waals surface area contributed by atoms with E-state index in [9.17, 15) is 14.9 Å². The number of unbranched alkanes of at least 4 members (excludes halogenated alkanes) is 1. The molecule has 5 nitrogen and oxygen atoms in total. The van der Waals surface area contributed by atoms with Crippen molar-refractivity contribution in [3.05, 3.63) is 83.7 Å². The van der Waals surface area contributed by atoms with Crippen LogP contribution in [0, 0.1) is 18.3 Å². The third-order valence-electron chi connectivity index (χ3n) is 4.74. The molecule has 0 spiro atoms. The van der Waals surface area contributed by atoms with E-state index in [2.05, 4.69) is 21.2 Å². The van der Waals surface area contributed by atoms with Gasteiger partial charge in [-0.15, -0.1) is 11.3 Å². The van der Waals surface area contributed by atoms with E-state index in [0.29, 0.717) is 21.4 Å². The molecule has 1 heterocycles. The summed E-state index contributed by atoms with van der Waals surface area (Å²) in [6.45, 7) is 4.41. The van der Waals surface area contributed by atoms with Gasteiger partial charge < -0.3 is 5.32 Å². The highest BCUT2D eigenvalue weighted by molar-refractivity contribution is 9.10. The molecule has 0 aliphatic heterocycles. The van der Waals surface area contributed by atoms with E-state index in [0.717, 1.165) is 39.8 Å². The molecule has 3 aromatic rings. The summed E-state index contributed by atoms with van der Waals surface area (Å²) in [6, 6.07) is 17.0. The third-order valence-corrected chi connectivity index (χ3v) is 6.55. The van der Waals surface area contributed by atoms with Gasteiger partial charge in [0, 0.05) is 11.0 Å². The van der Waals surface area contributed by atoms with Crippen molar-refractivity contribution in [2.75, 3.05) is 6.54 Å². The quantitative estimate of drug-likeness (QED) is 0.532. The molecular formula is C24H22BrN3O2S. The van der Waals surface area contributed by atoms with E-state index in [1.807, 2.05) is 68.4 Å². The maximum absolute atomic E-state index is 13.4. The minimum absolute atomic E-state index is 0.0618. The summed E-state index contributed by atoms with van der Waals surface area (Å²) in [5.41, 5.74) is 2.04. The second kappa shape index (κ2) is 10.4. The smallest absolute Gasteiger partial charge is 0.273 e. The molecule has 0 radical (unpaired) electrons. The Hall–Kier alpha value is -2.95. The minimum atomic E-state index is -0.466. The summed E-state index contributed by atoms with van der Waals surface area (Å²) in [4.78, 5) is 26.2. The summed E-state index contributed by atoms with van der Waals surface area (Å²) in [5, 5.41) is 12.6. The fourth-order valence-electron chi connectivity index (χ4n) is 3.08. The second-order valence-corrected chi connectivity index (χ2v) is 8.85. The van der Waals surface area contributed by atoms with Crippen LogP contribution in [0.5, 0.6) is 0 Å². The van der Waals surface area contributed by atoms with Crippen molar-refractivity contribution in [2.24, 2.45) is 0 Å². The van der Waals surface area contributed by atoms with Gasteiger partial charge in [-0.05, 0) is 42.7 Å². The van der Waals surface area contributed by atoms with Gasteiger partial charge in [0.05, 0.1) is 10.2 Å². The van der Waals surface area contributed by atoms with Crippen LogP contribution in [0.3, 0.4) is 0 Å². The third kappa shape index (κ3) is 5.04. The highest BCUT2D eigenvalue weighted by atomic mass is 79.9. The first-order valence-corrected chi connectivity index (χ1v) is 11.6. The molecule has 2 aromatic carbocycles. The zero-order valence-corrected chi connectivity index (χ0v) is 19.7. The number of hydrogen-bond acceptors (Lipinski definition) is 4. The molecule has 0 fully saturated rings. The van der Waals surface area contributed by atoms with Crippen molar-refractivity contribution in [3.63, 3.8) is 0 Å². The molecule has 3 rings (SSSR count). The number of amides is 1. The van der Waals surface area contributed by atoms with Gasteiger partial charge in [0.2, 0.25) is 0 Å². The molecule has 0 atom stereocenters. The Morgan fingerprint density at radius 3 is 2.61 bits per heavy atom. The van der Waals surface area contributed by atoms with Gasteiger partial charge in [0.25, 0.3) is 11.5 Å². The van der Waals surface area contributed by atoms with Gasteiger partial charge >= 0.3 is 0 Å². The average Bonchev–Trinajstić information content (AvgIpc) is 3.06. The van der Waals surface area contributed by atoms with E-state index >= 15 is 0 Å². The van der Waals surface area contributed by atoms with Crippen molar-refractivity contribution in [3.8, 4) is 11.8 Å². The molecule has 1 aromatic heterocycles. The predicted octanol–water partition coefficient (Wildman–Crippen LogP) is 3.39. The molecule has 1 N–H and O–H groups in total. The first-order chi connectivity index (χ1) is 15.0. The number of benzene rings is 2. The van der Waals surface area contributed by atoms with Crippen molar-refractivity contribution in [2.45, 2.75) is 26.7 Å². The van der Waals surface area contributed by atoms with Crippen molar-refractivity contribution in [1.29, 1.82) is 5.26 Å². The molecule has 1 amide bonds. The number of hydrogen-bond donors (Lipinski definition) is 1. The number of thiazole rings is 1. The number of para-hydroxylation sites is 1. The molecular weight excluding hydrogens is 474 g/mol. The Balaban J connectivity index is 2.34. The number of rotatable bonds is 6. The minimum Gasteiger partial charge on any atom is -0.351 e. The number of aryl methyl sites for hydroxylation is 1. The predicted molar refractivity (Wildman–Crippen MR) is 129 cm³/mol. The Labute approximate surface area is 193 Å². The number of carbonyl (C=O) groups is 1. The molecule has 0 bridgehead atoms. The summed E-state index contributed by atoms with van der Waals surface area (Å²) >= 11 is 4.65. The van der Waals surface area contributed by atoms with E-state index in [1.54, 1.807) is 6.08 Å². The van der Waals surface area contributed by atoms with E-state index in [4.69, 9.17) is 0 Å². The number of aromatic nitrogens is 1. The lowest BCUT2D eigenvalue weighted by molar-refractivity contribution is -0.115. The average molecular weight is 496 g/mol. The lowest BCUT2D eigenvalue weighted by Gasteiger charge is -2.07. The van der Waals surface area contributed by atoms with Crippen molar-refractivity contribution >= 4 is 44.8 Å². The van der Waals surface area contributed by atoms with Gasteiger partial charge in [-0.25, -0.2) is 0 Å². The van der Waals surface area contributed by atoms with Gasteiger partial charge in [-0.2, -0.15) is 5.26 Å². The number of carbonyl (C=O) groups excluding carboxylic acids is 1. The highest BCUT2D eigenvalue weighted by Crippen LogP contribution is 2.16. The number of nitriles is 1. The van der Waals surface area contributed by atoms with Crippen LogP contribution in [-0.2, 0) is 4.79 Å². The fraction of sp³-hybridized carbons (Fsp3) is 0.208. The lowest BCUT2D eigenvalue weighted by Crippen LogP contribution is -2.34. The Morgan fingerprint density at radius 2 is 1.94 bits per heavy atom. The van der Waals surface area contributed by atoms with Gasteiger partial charge in [0.15, 0.2) is 5.57 Å². The van der Waals surface area contributed by atoms with E-state index < -0.39 is 5.91 Å². The maximum Gasteiger partial charge on any atom is 0.273 e. The summed E-state index contributed by atoms with van der Waals surface area (Å²) < 4.78 is 3.10. The summed E-state index contributed by atoms with van der Waals surface area (Å²) in [7, 11) is 0. The topological polar surface area (TPSA) is 74.9 Å². The van der Waals surface area contributed by atoms with Gasteiger partial charge in [0.1, 0.15) is 10.7 Å². The van der Waals surface area contributed by atoms with Crippen LogP contribution in [0.1, 0.15) is 30.9 Å². The molecule has 0 aliphatic carbocycles. The summed E-state index contributed by atoms with van der Waals surface area (Å²) in [6.07, 6.45) is 3.53. The molecule has 158 valence electrons. The molecule has 7 heteroatoms. The number of nitrogens with one attached hydrogen (secondary N) is 1. The zero-order valence-electron chi connectivity index (χ0n) is 17.3. The highest BCUT2D eigenvalue weighted by Gasteiger charge is 2.17. The standard InChI is InChI=1S/C24H22BrN3O2S/c1-3-4-13-27-22(29)18(15-26)24-28(20-12-8-5-9-16(20)2)23(30)21(31-24)14-17-10-6-7-11-19(17)25/h5-12,14H,3-4,13H2,1-2H3,(H,27,29)/b21-14-,24-18-. The van der Waals surface area contributed by atoms with Crippen molar-refractivity contribution < 1.29 is 4.79 Å². The number of nitrogens with zero attached hydrogens (tertiary/aromatic N) is 2. The molecule has 31 heavy (non-hydrogen) atoms. The number of halogens is 1. The van der Waals surface area contributed by atoms with E-state index in [1.165, 1.54) is 4.57 Å². The molecule has 0 saturated carbocycles. The molecule has 0 unspecified atom stereocenters. The molecule has 0 aliphatic rings. The first-order valence-electron chi connectivity index (χ1n) is 9.94. The van der Waals surface area contributed by atoms with Crippen LogP contribution in [-0.4, -0.2) is 17.0 Å². The van der Waals surface area contributed by atoms with Gasteiger partial charge in [-0.3, -0.25) is 14.2 Å². The Kier molecular flexibility index (Phi) is 7.61. The van der Waals surface area contributed by atoms with Crippen LogP contribution in [0.2, 0.25) is 0 Å². The van der Waals surface area contributed by atoms with Crippen LogP contribution in [0.15, 0.2) is 57.8 Å². The maximum atomic E-state index is 13.4. The van der Waals surface area contributed by atoms with Crippen LogP contribution in [0.4, 0.5) is 0 Å². The van der Waals surface area contributed by atoms with Gasteiger partial charge in [-0.1, -0.05) is 65.7 Å². The SMILES string of the molecule is CCCCNC(=O)/C(C#N)=c1\s/c(=C\c2ccccc2Br)c(=O)n1-c1ccccc1C. The normalized spacial score (nSPS) is 12.4. The fourth-order valence-corrected chi connectivity index (χ4v) is 4.56. The molecule has 0 saturated heterocycles. The Bertz CT molecular complexity index is 1330. The lowest BCUT2D eigenvalue weighted by atomic mass is 10.2. The van der Waals surface area contributed by atoms with E-state index in [-0.39, 0.29) is 11.1 Å². The second-order valence-electron chi connectivity index (χ2n) is 6.96. The first kappa shape index (κ1) is 22.7. The summed E-state index contributed by atoms with van der Waals surface area (Å²) in [5.74, 6) is -0.466. The van der Waals surface area contributed by atoms with Crippen LogP contribution in [0.25, 0.3) is 17.3 Å².